The number of amides is 1. The van der Waals surface area contributed by atoms with Crippen molar-refractivity contribution in [3.63, 3.8) is 0 Å². The summed E-state index contributed by atoms with van der Waals surface area (Å²) in [6.07, 6.45) is 2.70. The lowest BCUT2D eigenvalue weighted by Gasteiger charge is -2.36. The first-order valence-corrected chi connectivity index (χ1v) is 9.25. The predicted octanol–water partition coefficient (Wildman–Crippen LogP) is 3.17. The molecule has 0 N–H and O–H groups in total. The van der Waals surface area contributed by atoms with Gasteiger partial charge in [0.1, 0.15) is 11.3 Å². The molecule has 3 heterocycles. The van der Waals surface area contributed by atoms with Gasteiger partial charge in [-0.05, 0) is 37.1 Å². The van der Waals surface area contributed by atoms with Crippen molar-refractivity contribution < 1.29 is 4.79 Å². The molecule has 134 valence electrons. The lowest BCUT2D eigenvalue weighted by molar-refractivity contribution is 0.0738. The van der Waals surface area contributed by atoms with Gasteiger partial charge < -0.3 is 9.80 Å². The van der Waals surface area contributed by atoms with Crippen molar-refractivity contribution in [1.29, 1.82) is 0 Å². The summed E-state index contributed by atoms with van der Waals surface area (Å²) in [5, 5.41) is 0. The Hall–Kier alpha value is -2.82. The number of rotatable bonds is 3. The maximum atomic E-state index is 13.3. The van der Waals surface area contributed by atoms with Crippen LogP contribution < -0.4 is 4.90 Å². The molecule has 5 heteroatoms. The Bertz CT molecular complexity index is 924. The van der Waals surface area contributed by atoms with Gasteiger partial charge in [-0.25, -0.2) is 4.98 Å². The van der Waals surface area contributed by atoms with Gasteiger partial charge in [-0.3, -0.25) is 9.20 Å². The maximum Gasteiger partial charge on any atom is 0.272 e. The number of hydrogen-bond donors (Lipinski definition) is 0. The minimum atomic E-state index is 0.0904. The number of carbonyl (C=O) groups is 1. The summed E-state index contributed by atoms with van der Waals surface area (Å²) < 4.78 is 1.96. The molecular formula is C21H24N4O. The van der Waals surface area contributed by atoms with Crippen molar-refractivity contribution >= 4 is 17.2 Å². The first-order valence-electron chi connectivity index (χ1n) is 9.25. The highest BCUT2D eigenvalue weighted by molar-refractivity contribution is 5.95. The number of pyridine rings is 1. The van der Waals surface area contributed by atoms with E-state index in [9.17, 15) is 4.79 Å². The highest BCUT2D eigenvalue weighted by Gasteiger charge is 2.27. The quantitative estimate of drug-likeness (QED) is 0.730. The fourth-order valence-electron chi connectivity index (χ4n) is 3.68. The fraction of sp³-hybridized carbons (Fsp3) is 0.333. The normalized spacial score (nSPS) is 14.8. The van der Waals surface area contributed by atoms with Gasteiger partial charge in [0.25, 0.3) is 5.91 Å². The van der Waals surface area contributed by atoms with Crippen LogP contribution in [0.4, 0.5) is 5.69 Å². The van der Waals surface area contributed by atoms with E-state index in [0.717, 1.165) is 55.2 Å². The van der Waals surface area contributed by atoms with Gasteiger partial charge in [0.2, 0.25) is 0 Å². The van der Waals surface area contributed by atoms with Crippen molar-refractivity contribution in [3.05, 3.63) is 65.6 Å². The summed E-state index contributed by atoms with van der Waals surface area (Å²) >= 11 is 0. The number of anilines is 1. The summed E-state index contributed by atoms with van der Waals surface area (Å²) in [7, 11) is 0. The number of aromatic nitrogens is 2. The van der Waals surface area contributed by atoms with E-state index in [0.29, 0.717) is 0 Å². The Balaban J connectivity index is 1.58. The van der Waals surface area contributed by atoms with E-state index < -0.39 is 0 Å². The Morgan fingerprint density at radius 3 is 2.46 bits per heavy atom. The third-order valence-corrected chi connectivity index (χ3v) is 5.14. The average molecular weight is 348 g/mol. The first kappa shape index (κ1) is 16.6. The molecule has 0 aliphatic carbocycles. The van der Waals surface area contributed by atoms with Crippen molar-refractivity contribution in [3.8, 4) is 0 Å². The van der Waals surface area contributed by atoms with Gasteiger partial charge in [0, 0.05) is 38.1 Å². The van der Waals surface area contributed by atoms with Gasteiger partial charge in [0.15, 0.2) is 0 Å². The summed E-state index contributed by atoms with van der Waals surface area (Å²) in [6.45, 7) is 7.27. The average Bonchev–Trinajstić information content (AvgIpc) is 3.08. The van der Waals surface area contributed by atoms with Crippen LogP contribution in [0.5, 0.6) is 0 Å². The van der Waals surface area contributed by atoms with Crippen LogP contribution in [-0.4, -0.2) is 46.4 Å². The molecule has 0 unspecified atom stereocenters. The van der Waals surface area contributed by atoms with E-state index >= 15 is 0 Å². The molecule has 1 aromatic carbocycles. The maximum absolute atomic E-state index is 13.3. The largest absolute Gasteiger partial charge is 0.368 e. The lowest BCUT2D eigenvalue weighted by atomic mass is 10.2. The summed E-state index contributed by atoms with van der Waals surface area (Å²) in [4.78, 5) is 22.3. The highest BCUT2D eigenvalue weighted by atomic mass is 16.2. The number of carbonyl (C=O) groups excluding carboxylic acids is 1. The number of benzene rings is 1. The van der Waals surface area contributed by atoms with E-state index in [1.165, 1.54) is 5.69 Å². The smallest absolute Gasteiger partial charge is 0.272 e. The highest BCUT2D eigenvalue weighted by Crippen LogP contribution is 2.21. The van der Waals surface area contributed by atoms with Crippen LogP contribution in [0.1, 0.15) is 28.7 Å². The number of imidazole rings is 1. The van der Waals surface area contributed by atoms with E-state index in [-0.39, 0.29) is 5.91 Å². The Kier molecular flexibility index (Phi) is 4.37. The Morgan fingerprint density at radius 1 is 1.04 bits per heavy atom. The number of para-hydroxylation sites is 1. The second kappa shape index (κ2) is 6.83. The minimum Gasteiger partial charge on any atom is -0.368 e. The van der Waals surface area contributed by atoms with Gasteiger partial charge in [-0.2, -0.15) is 0 Å². The van der Waals surface area contributed by atoms with Crippen LogP contribution in [0.25, 0.3) is 5.65 Å². The molecular weight excluding hydrogens is 324 g/mol. The van der Waals surface area contributed by atoms with E-state index in [2.05, 4.69) is 36.1 Å². The molecule has 1 aliphatic heterocycles. The van der Waals surface area contributed by atoms with E-state index in [1.807, 2.05) is 40.6 Å². The van der Waals surface area contributed by atoms with Gasteiger partial charge >= 0.3 is 0 Å². The lowest BCUT2D eigenvalue weighted by Crippen LogP contribution is -2.49. The fourth-order valence-corrected chi connectivity index (χ4v) is 3.68. The van der Waals surface area contributed by atoms with Crippen LogP contribution in [0, 0.1) is 6.92 Å². The molecule has 0 saturated carbocycles. The van der Waals surface area contributed by atoms with Crippen LogP contribution in [-0.2, 0) is 6.42 Å². The second-order valence-corrected chi connectivity index (χ2v) is 6.76. The number of aryl methyl sites for hydroxylation is 2. The molecule has 1 aliphatic rings. The number of nitrogens with zero attached hydrogens (tertiary/aromatic N) is 4. The molecule has 0 atom stereocenters. The van der Waals surface area contributed by atoms with Crippen molar-refractivity contribution in [2.24, 2.45) is 0 Å². The van der Waals surface area contributed by atoms with Crippen LogP contribution >= 0.6 is 0 Å². The van der Waals surface area contributed by atoms with Crippen LogP contribution in [0.15, 0.2) is 48.7 Å². The topological polar surface area (TPSA) is 40.9 Å². The minimum absolute atomic E-state index is 0.0904. The Morgan fingerprint density at radius 2 is 1.77 bits per heavy atom. The van der Waals surface area contributed by atoms with Gasteiger partial charge in [0.05, 0.1) is 5.69 Å². The third-order valence-electron chi connectivity index (χ3n) is 5.14. The molecule has 3 aromatic rings. The second-order valence-electron chi connectivity index (χ2n) is 6.76. The molecule has 5 nitrogen and oxygen atoms in total. The monoisotopic (exact) mass is 348 g/mol. The molecule has 1 amide bonds. The molecule has 0 bridgehead atoms. The van der Waals surface area contributed by atoms with Gasteiger partial charge in [-0.15, -0.1) is 0 Å². The molecule has 4 rings (SSSR count). The number of hydrogen-bond acceptors (Lipinski definition) is 3. The SMILES string of the molecule is CCc1nc2c(C)cccn2c1C(=O)N1CCN(c2ccccc2)CC1. The molecule has 1 saturated heterocycles. The first-order chi connectivity index (χ1) is 12.7. The van der Waals surface area contributed by atoms with E-state index in [4.69, 9.17) is 4.98 Å². The van der Waals surface area contributed by atoms with Crippen molar-refractivity contribution in [2.45, 2.75) is 20.3 Å². The molecule has 0 spiro atoms. The zero-order valence-electron chi connectivity index (χ0n) is 15.4. The third kappa shape index (κ3) is 2.83. The summed E-state index contributed by atoms with van der Waals surface area (Å²) in [5.41, 5.74) is 4.80. The predicted molar refractivity (Wildman–Crippen MR) is 104 cm³/mol. The van der Waals surface area contributed by atoms with E-state index in [1.54, 1.807) is 0 Å². The number of piperazine rings is 1. The summed E-state index contributed by atoms with van der Waals surface area (Å²) in [5.74, 6) is 0.0904. The zero-order chi connectivity index (χ0) is 18.1. The summed E-state index contributed by atoms with van der Waals surface area (Å²) in [6, 6.07) is 14.4. The zero-order valence-corrected chi connectivity index (χ0v) is 15.4. The standard InChI is InChI=1S/C21H24N4O/c1-3-18-19(25-11-7-8-16(2)20(25)22-18)21(26)24-14-12-23(13-15-24)17-9-5-4-6-10-17/h4-11H,3,12-15H2,1-2H3. The van der Waals surface area contributed by atoms with Crippen LogP contribution in [0.2, 0.25) is 0 Å². The Labute approximate surface area is 153 Å². The molecule has 2 aromatic heterocycles. The van der Waals surface area contributed by atoms with Crippen molar-refractivity contribution in [1.82, 2.24) is 14.3 Å². The van der Waals surface area contributed by atoms with Crippen LogP contribution in [0.3, 0.4) is 0 Å². The molecule has 1 fully saturated rings. The number of fused-ring (bicyclic) bond motifs is 1. The molecule has 26 heavy (non-hydrogen) atoms. The van der Waals surface area contributed by atoms with Gasteiger partial charge in [-0.1, -0.05) is 31.2 Å². The molecule has 0 radical (unpaired) electrons. The van der Waals surface area contributed by atoms with Crippen molar-refractivity contribution in [2.75, 3.05) is 31.1 Å².